The lowest BCUT2D eigenvalue weighted by molar-refractivity contribution is 0.0166. The van der Waals surface area contributed by atoms with E-state index >= 15 is 0 Å². The van der Waals surface area contributed by atoms with Gasteiger partial charge in [-0.15, -0.1) is 51.8 Å². The Balaban J connectivity index is 0.000000160. The van der Waals surface area contributed by atoms with E-state index in [0.717, 1.165) is 33.6 Å². The van der Waals surface area contributed by atoms with Gasteiger partial charge < -0.3 is 20.4 Å². The number of fused-ring (bicyclic) bond motifs is 4. The van der Waals surface area contributed by atoms with Crippen LogP contribution in [0.3, 0.4) is 0 Å². The summed E-state index contributed by atoms with van der Waals surface area (Å²) in [6.07, 6.45) is 12.1. The van der Waals surface area contributed by atoms with E-state index in [1.165, 1.54) is 69.6 Å². The summed E-state index contributed by atoms with van der Waals surface area (Å²) in [5, 5.41) is 37.8. The molecule has 0 spiro atoms. The largest absolute Gasteiger partial charge is 0.394 e. The first-order valence-corrected chi connectivity index (χ1v) is 35.3. The Kier molecular flexibility index (Phi) is 28.4. The third kappa shape index (κ3) is 20.3. The van der Waals surface area contributed by atoms with E-state index in [9.17, 15) is 36.7 Å². The molecule has 28 heteroatoms. The Morgan fingerprint density at radius 2 is 0.767 bits per heavy atom. The molecule has 0 atom stereocenters. The van der Waals surface area contributed by atoms with E-state index in [4.69, 9.17) is 46.2 Å². The fourth-order valence-electron chi connectivity index (χ4n) is 10.4. The van der Waals surface area contributed by atoms with Gasteiger partial charge in [-0.3, -0.25) is 38.5 Å². The van der Waals surface area contributed by atoms with Crippen molar-refractivity contribution in [3.05, 3.63) is 255 Å². The van der Waals surface area contributed by atoms with E-state index in [1.54, 1.807) is 85.3 Å². The summed E-state index contributed by atoms with van der Waals surface area (Å²) >= 11 is 5.41. The molecule has 4 amide bonds. The van der Waals surface area contributed by atoms with Gasteiger partial charge in [0, 0.05) is 96.6 Å². The number of carbonyl (C=O) groups excluding carboxylic acids is 4. The van der Waals surface area contributed by atoms with Crippen LogP contribution in [-0.4, -0.2) is 117 Å². The number of carbonyl (C=O) groups is 4. The highest BCUT2D eigenvalue weighted by molar-refractivity contribution is 7.20. The van der Waals surface area contributed by atoms with Crippen LogP contribution in [0, 0.1) is 56.4 Å². The molecule has 8 aromatic heterocycles. The van der Waals surface area contributed by atoms with E-state index in [1.807, 2.05) is 58.0 Å². The summed E-state index contributed by atoms with van der Waals surface area (Å²) in [6.45, 7) is 6.65. The molecule has 0 aliphatic heterocycles. The lowest BCUT2D eigenvalue weighted by atomic mass is 10.0. The summed E-state index contributed by atoms with van der Waals surface area (Å²) in [5.74, 6) is -0.671. The zero-order valence-electron chi connectivity index (χ0n) is 56.0. The molecule has 0 aliphatic rings. The number of halogens is 4. The topological polar surface area (TPSA) is 286 Å². The SMILES string of the molecule is C#Cc1ccc(Cc2sc3ncccc3c2C(=O)NOCCO)c(F)c1.CCc1ccc(Cc2sc3ncccc3c2C(=O)NOCCO)c(F)c1.Cc1ccc(Cc2sc3nc(C)ccc3c2C(=O)NOCCO)c(F)c1.Cc1ccc(Cc2sc3ncccc3c2C(=O)NOCCO)c(F)c1. The minimum atomic E-state index is -0.464. The fraction of sp³-hybridized carbons (Fsp3) is 0.227. The first-order chi connectivity index (χ1) is 49.9. The monoisotopic (exact) mass is 1480 g/mol. The number of amides is 4. The number of hydrogen-bond acceptors (Lipinski definition) is 20. The summed E-state index contributed by atoms with van der Waals surface area (Å²) < 4.78 is 57.2. The number of rotatable bonds is 25. The number of nitrogens with one attached hydrogen (secondary N) is 4. The van der Waals surface area contributed by atoms with Gasteiger partial charge in [0.1, 0.15) is 42.6 Å². The molecule has 8 N–H and O–H groups in total. The smallest absolute Gasteiger partial charge is 0.276 e. The lowest BCUT2D eigenvalue weighted by Gasteiger charge is -2.08. The summed E-state index contributed by atoms with van der Waals surface area (Å²) in [6, 6.07) is 34.2. The van der Waals surface area contributed by atoms with Crippen LogP contribution in [0.15, 0.2) is 140 Å². The van der Waals surface area contributed by atoms with Crippen molar-refractivity contribution in [1.29, 1.82) is 0 Å². The van der Waals surface area contributed by atoms with Crippen LogP contribution in [0.5, 0.6) is 0 Å². The van der Waals surface area contributed by atoms with Gasteiger partial charge in [0.15, 0.2) is 0 Å². The molecular formula is C75H70F4N8O12S4. The zero-order valence-corrected chi connectivity index (χ0v) is 59.3. The van der Waals surface area contributed by atoms with Gasteiger partial charge in [-0.2, -0.15) is 0 Å². The van der Waals surface area contributed by atoms with E-state index < -0.39 is 29.4 Å². The number of pyridine rings is 4. The maximum Gasteiger partial charge on any atom is 0.276 e. The average molecular weight is 1480 g/mol. The zero-order chi connectivity index (χ0) is 73.5. The Hall–Kier alpha value is -9.84. The Morgan fingerprint density at radius 1 is 0.437 bits per heavy atom. The fourth-order valence-corrected chi connectivity index (χ4v) is 15.1. The molecule has 20 nitrogen and oxygen atoms in total. The van der Waals surface area contributed by atoms with E-state index in [-0.39, 0.29) is 89.6 Å². The number of terminal acetylenes is 1. The van der Waals surface area contributed by atoms with Crippen molar-refractivity contribution in [2.24, 2.45) is 0 Å². The second-order valence-corrected chi connectivity index (χ2v) is 26.9. The predicted octanol–water partition coefficient (Wildman–Crippen LogP) is 12.2. The van der Waals surface area contributed by atoms with Gasteiger partial charge in [-0.1, -0.05) is 55.3 Å². The number of aromatic nitrogens is 4. The molecule has 8 heterocycles. The molecule has 0 saturated carbocycles. The molecule has 12 rings (SSSR count). The van der Waals surface area contributed by atoms with Gasteiger partial charge in [-0.25, -0.2) is 59.4 Å². The number of aryl methyl sites for hydroxylation is 4. The standard InChI is InChI=1S/2C19H19FN2O3S.C19H15FN2O3S.C18H17FN2O3S/c1-11-3-5-13(15(20)9-11)10-16-17(18(24)22-25-8-7-23)14-6-4-12(2)21-19(14)26-16;2*1-2-12-5-6-13(15(20)10-12)11-16-17(18(24)22-25-9-8-23)14-4-3-7-21-19(14)26-16;1-11-4-5-12(14(19)9-11)10-15-16(17(23)21-24-8-7-22)13-3-2-6-20-18(13)25-15/h3-6,9,23H,7-8,10H2,1-2H3,(H,22,24);3-7,10,23H,2,8-9,11H2,1H3,(H,22,24);1,3-7,10,23H,8-9,11H2,(H,22,24);2-6,9,22H,7-8,10H2,1H3,(H,21,23). The second kappa shape index (κ2) is 37.9. The number of benzene rings is 4. The van der Waals surface area contributed by atoms with Crippen molar-refractivity contribution in [2.75, 3.05) is 52.9 Å². The molecule has 0 aliphatic carbocycles. The summed E-state index contributed by atoms with van der Waals surface area (Å²) in [5.41, 5.74) is 16.8. The van der Waals surface area contributed by atoms with Crippen molar-refractivity contribution in [2.45, 2.75) is 59.8 Å². The van der Waals surface area contributed by atoms with Crippen LogP contribution >= 0.6 is 45.3 Å². The van der Waals surface area contributed by atoms with Gasteiger partial charge >= 0.3 is 0 Å². The Morgan fingerprint density at radius 3 is 1.10 bits per heavy atom. The summed E-state index contributed by atoms with van der Waals surface area (Å²) in [4.78, 5) is 92.9. The van der Waals surface area contributed by atoms with Gasteiger partial charge in [0.05, 0.1) is 75.1 Å². The maximum absolute atomic E-state index is 14.4. The number of nitrogens with zero attached hydrogens (tertiary/aromatic N) is 4. The third-order valence-corrected chi connectivity index (χ3v) is 19.7. The van der Waals surface area contributed by atoms with Crippen LogP contribution in [0.2, 0.25) is 0 Å². The van der Waals surface area contributed by atoms with Crippen molar-refractivity contribution in [3.8, 4) is 12.3 Å². The minimum Gasteiger partial charge on any atom is -0.394 e. The summed E-state index contributed by atoms with van der Waals surface area (Å²) in [7, 11) is 0. The van der Waals surface area contributed by atoms with Crippen molar-refractivity contribution >= 4 is 110 Å². The normalized spacial score (nSPS) is 10.9. The van der Waals surface area contributed by atoms with Crippen molar-refractivity contribution in [3.63, 3.8) is 0 Å². The van der Waals surface area contributed by atoms with E-state index in [2.05, 4.69) is 47.8 Å². The highest BCUT2D eigenvalue weighted by atomic mass is 32.1. The molecule has 4 aromatic carbocycles. The van der Waals surface area contributed by atoms with Crippen molar-refractivity contribution in [1.82, 2.24) is 41.9 Å². The molecular weight excluding hydrogens is 1410 g/mol. The molecule has 534 valence electrons. The first-order valence-electron chi connectivity index (χ1n) is 32.0. The quantitative estimate of drug-likeness (QED) is 0.0114. The van der Waals surface area contributed by atoms with Crippen LogP contribution in [0.4, 0.5) is 17.6 Å². The van der Waals surface area contributed by atoms with Crippen LogP contribution in [0.1, 0.15) is 118 Å². The first kappa shape index (κ1) is 77.3. The van der Waals surface area contributed by atoms with E-state index in [0.29, 0.717) is 112 Å². The van der Waals surface area contributed by atoms with Crippen LogP contribution in [0.25, 0.3) is 40.9 Å². The number of hydrogen-bond donors (Lipinski definition) is 8. The highest BCUT2D eigenvalue weighted by Gasteiger charge is 2.26. The maximum atomic E-state index is 14.4. The Bertz CT molecular complexity index is 5020. The van der Waals surface area contributed by atoms with Gasteiger partial charge in [-0.05, 0) is 145 Å². The Labute approximate surface area is 604 Å². The van der Waals surface area contributed by atoms with Crippen LogP contribution in [-0.2, 0) is 51.5 Å². The van der Waals surface area contributed by atoms with Crippen molar-refractivity contribution < 1.29 is 76.5 Å². The molecule has 12 aromatic rings. The molecule has 0 unspecified atom stereocenters. The second-order valence-electron chi connectivity index (χ2n) is 22.6. The highest BCUT2D eigenvalue weighted by Crippen LogP contribution is 2.37. The van der Waals surface area contributed by atoms with Gasteiger partial charge in [0.25, 0.3) is 23.6 Å². The molecule has 103 heavy (non-hydrogen) atoms. The lowest BCUT2D eigenvalue weighted by Crippen LogP contribution is -2.25. The number of aliphatic hydroxyl groups excluding tert-OH is 4. The van der Waals surface area contributed by atoms with Gasteiger partial charge in [0.2, 0.25) is 0 Å². The molecule has 0 bridgehead atoms. The molecule has 0 saturated heterocycles. The average Bonchev–Trinajstić information content (AvgIpc) is 1.67. The minimum absolute atomic E-state index is 0.00546. The number of aliphatic hydroxyl groups is 4. The van der Waals surface area contributed by atoms with Crippen LogP contribution < -0.4 is 21.9 Å². The molecule has 0 fully saturated rings. The number of hydroxylamine groups is 4. The third-order valence-electron chi connectivity index (χ3n) is 15.3. The molecule has 0 radical (unpaired) electrons. The number of thiophene rings is 4. The predicted molar refractivity (Wildman–Crippen MR) is 389 cm³/mol.